The molecule has 3 aromatic carbocycles. The van der Waals surface area contributed by atoms with E-state index >= 15 is 0 Å². The van der Waals surface area contributed by atoms with Crippen LogP contribution in [0.3, 0.4) is 0 Å². The Bertz CT molecular complexity index is 1440. The van der Waals surface area contributed by atoms with Crippen molar-refractivity contribution in [1.29, 1.82) is 0 Å². The third-order valence-electron chi connectivity index (χ3n) is 8.25. The molecule has 0 bridgehead atoms. The van der Waals surface area contributed by atoms with Gasteiger partial charge in [-0.25, -0.2) is 14.8 Å². The van der Waals surface area contributed by atoms with E-state index in [4.69, 9.17) is 5.10 Å². The predicted molar refractivity (Wildman–Crippen MR) is 156 cm³/mol. The summed E-state index contributed by atoms with van der Waals surface area (Å²) in [6, 6.07) is 25.3. The highest BCUT2D eigenvalue weighted by Crippen LogP contribution is 2.52. The van der Waals surface area contributed by atoms with E-state index in [1.54, 1.807) is 10.0 Å². The molecule has 3 aliphatic heterocycles. The lowest BCUT2D eigenvalue weighted by atomic mass is 9.80. The van der Waals surface area contributed by atoms with Crippen LogP contribution in [0.4, 0.5) is 4.79 Å². The van der Waals surface area contributed by atoms with Gasteiger partial charge in [0.05, 0.1) is 24.2 Å². The number of hydrazone groups is 1. The molecule has 6 rings (SSSR count). The maximum absolute atomic E-state index is 14.7. The summed E-state index contributed by atoms with van der Waals surface area (Å²) in [6.07, 6.45) is 6.29. The summed E-state index contributed by atoms with van der Waals surface area (Å²) in [5.74, 6) is -0.376. The molecule has 1 N–H and O–H groups in total. The highest BCUT2D eigenvalue weighted by molar-refractivity contribution is 5.88. The van der Waals surface area contributed by atoms with Crippen molar-refractivity contribution in [3.05, 3.63) is 119 Å². The monoisotopic (exact) mass is 533 g/mol. The largest absolute Gasteiger partial charge is 0.337 e. The molecule has 3 aromatic rings. The third kappa shape index (κ3) is 4.35. The maximum Gasteiger partial charge on any atom is 0.337 e. The molecule has 1 fully saturated rings. The molecule has 7 heteroatoms. The van der Waals surface area contributed by atoms with Crippen LogP contribution in [0, 0.1) is 5.92 Å². The van der Waals surface area contributed by atoms with Gasteiger partial charge in [0.2, 0.25) is 5.91 Å². The number of carbonyl (C=O) groups is 2. The molecule has 3 amide bonds. The average Bonchev–Trinajstić information content (AvgIpc) is 3.00. The van der Waals surface area contributed by atoms with Crippen LogP contribution in [-0.2, 0) is 11.3 Å². The molecule has 1 saturated heterocycles. The zero-order chi connectivity index (χ0) is 27.6. The average molecular weight is 534 g/mol. The molecule has 0 saturated carbocycles. The molecule has 3 aliphatic rings. The van der Waals surface area contributed by atoms with Crippen molar-refractivity contribution < 1.29 is 9.59 Å². The number of nitrogens with zero attached hydrogens (tertiary/aromatic N) is 4. The number of urea groups is 1. The number of fused-ring (bicyclic) bond motifs is 7. The van der Waals surface area contributed by atoms with Crippen LogP contribution in [0.25, 0.3) is 0 Å². The number of unbranched alkanes of at least 4 members (excludes halogenated alkanes) is 1. The highest BCUT2D eigenvalue weighted by Gasteiger charge is 2.55. The van der Waals surface area contributed by atoms with Crippen molar-refractivity contribution in [2.75, 3.05) is 0 Å². The Hall–Kier alpha value is -4.39. The normalized spacial score (nSPS) is 22.6. The van der Waals surface area contributed by atoms with Crippen LogP contribution in [0.5, 0.6) is 0 Å². The topological polar surface area (TPSA) is 68.2 Å². The van der Waals surface area contributed by atoms with Gasteiger partial charge in [-0.2, -0.15) is 5.10 Å². The summed E-state index contributed by atoms with van der Waals surface area (Å²) in [7, 11) is 0. The van der Waals surface area contributed by atoms with Crippen molar-refractivity contribution in [2.45, 2.75) is 57.4 Å². The van der Waals surface area contributed by atoms with Gasteiger partial charge in [0.25, 0.3) is 0 Å². The highest BCUT2D eigenvalue weighted by atomic mass is 16.2. The maximum atomic E-state index is 14.7. The fourth-order valence-corrected chi connectivity index (χ4v) is 6.41. The van der Waals surface area contributed by atoms with E-state index in [-0.39, 0.29) is 29.9 Å². The van der Waals surface area contributed by atoms with E-state index in [1.807, 2.05) is 66.9 Å². The summed E-state index contributed by atoms with van der Waals surface area (Å²) in [6.45, 7) is 6.49. The lowest BCUT2D eigenvalue weighted by Crippen LogP contribution is -2.66. The molecule has 7 nitrogen and oxygen atoms in total. The first-order valence-electron chi connectivity index (χ1n) is 14.2. The van der Waals surface area contributed by atoms with Crippen LogP contribution < -0.4 is 5.32 Å². The first-order chi connectivity index (χ1) is 19.6. The third-order valence-corrected chi connectivity index (χ3v) is 8.25. The van der Waals surface area contributed by atoms with Gasteiger partial charge in [0.1, 0.15) is 0 Å². The molecule has 204 valence electrons. The number of amides is 3. The van der Waals surface area contributed by atoms with E-state index in [0.29, 0.717) is 13.0 Å². The van der Waals surface area contributed by atoms with Gasteiger partial charge in [-0.05, 0) is 35.1 Å². The minimum Gasteiger partial charge on any atom is -0.332 e. The van der Waals surface area contributed by atoms with Crippen LogP contribution >= 0.6 is 0 Å². The number of nitrogens with one attached hydrogen (secondary N) is 1. The summed E-state index contributed by atoms with van der Waals surface area (Å²) >= 11 is 0. The second kappa shape index (κ2) is 11.0. The molecule has 0 aliphatic carbocycles. The first-order valence-corrected chi connectivity index (χ1v) is 14.2. The van der Waals surface area contributed by atoms with Crippen LogP contribution in [-0.4, -0.2) is 33.2 Å². The number of benzene rings is 3. The molecule has 0 unspecified atom stereocenters. The van der Waals surface area contributed by atoms with E-state index in [0.717, 1.165) is 47.1 Å². The Labute approximate surface area is 235 Å². The van der Waals surface area contributed by atoms with Crippen molar-refractivity contribution in [2.24, 2.45) is 11.0 Å². The number of hydrogen-bond acceptors (Lipinski definition) is 4. The number of rotatable bonds is 7. The lowest BCUT2D eigenvalue weighted by Gasteiger charge is -2.58. The number of hydrazine groups is 1. The molecule has 3 heterocycles. The molecule has 0 aromatic heterocycles. The molecule has 0 spiro atoms. The predicted octanol–water partition coefficient (Wildman–Crippen LogP) is 6.48. The van der Waals surface area contributed by atoms with Crippen molar-refractivity contribution in [3.8, 4) is 0 Å². The molecular weight excluding hydrogens is 498 g/mol. The summed E-state index contributed by atoms with van der Waals surface area (Å²) < 4.78 is 0. The smallest absolute Gasteiger partial charge is 0.332 e. The van der Waals surface area contributed by atoms with Gasteiger partial charge in [-0.3, -0.25) is 9.80 Å². The fraction of sp³-hybridized carbons (Fsp3) is 0.303. The van der Waals surface area contributed by atoms with Crippen LogP contribution in [0.2, 0.25) is 0 Å². The Morgan fingerprint density at radius 2 is 1.68 bits per heavy atom. The molecular formula is C33H35N5O2. The summed E-state index contributed by atoms with van der Waals surface area (Å²) in [5.41, 5.74) is 5.14. The van der Waals surface area contributed by atoms with Gasteiger partial charge in [0.15, 0.2) is 6.17 Å². The van der Waals surface area contributed by atoms with E-state index < -0.39 is 6.17 Å². The summed E-state index contributed by atoms with van der Waals surface area (Å²) in [5, 5.41) is 13.4. The molecule has 40 heavy (non-hydrogen) atoms. The van der Waals surface area contributed by atoms with Gasteiger partial charge in [0, 0.05) is 12.1 Å². The van der Waals surface area contributed by atoms with Crippen molar-refractivity contribution in [3.63, 3.8) is 0 Å². The quantitative estimate of drug-likeness (QED) is 0.353. The van der Waals surface area contributed by atoms with Crippen LogP contribution in [0.15, 0.2) is 96.6 Å². The van der Waals surface area contributed by atoms with Gasteiger partial charge in [-0.1, -0.05) is 105 Å². The Balaban J connectivity index is 1.48. The van der Waals surface area contributed by atoms with Crippen LogP contribution in [0.1, 0.15) is 78.7 Å². The zero-order valence-corrected chi connectivity index (χ0v) is 22.8. The van der Waals surface area contributed by atoms with E-state index in [2.05, 4.69) is 48.1 Å². The Morgan fingerprint density at radius 1 is 0.975 bits per heavy atom. The second-order valence-electron chi connectivity index (χ2n) is 10.7. The van der Waals surface area contributed by atoms with Gasteiger partial charge in [-0.15, -0.1) is 6.58 Å². The standard InChI is InChI=1S/C33H35N5O2/c1-3-5-17-28-30-25-18-10-9-16-24(25)22-35-36(30)31-27-20-12-11-19-26(27)29(13-4-2)37(38(31)32(28)39)33(40)34-21-23-14-7-6-8-15-23/h4,6-12,14-16,18-20,22,28-31H,2-3,5,13,17,21H2,1H3,(H,34,40)/t28-,29-,30-,31-/m0/s1. The number of carbonyl (C=O) groups excluding carboxylic acids is 2. The van der Waals surface area contributed by atoms with Crippen molar-refractivity contribution in [1.82, 2.24) is 20.3 Å². The van der Waals surface area contributed by atoms with E-state index in [9.17, 15) is 9.59 Å². The first kappa shape index (κ1) is 25.9. The molecule has 4 atom stereocenters. The lowest BCUT2D eigenvalue weighted by molar-refractivity contribution is -0.199. The Kier molecular flexibility index (Phi) is 7.11. The van der Waals surface area contributed by atoms with Gasteiger partial charge < -0.3 is 5.32 Å². The Morgan fingerprint density at radius 3 is 2.42 bits per heavy atom. The van der Waals surface area contributed by atoms with Crippen molar-refractivity contribution >= 4 is 18.2 Å². The SMILES string of the molecule is C=CC[C@H]1c2ccccc2[C@H]2N3N=Cc4ccccc4[C@H]3[C@H](CCCC)C(=O)N2N1C(=O)NCc1ccccc1. The molecule has 0 radical (unpaired) electrons. The zero-order valence-electron chi connectivity index (χ0n) is 22.8. The fourth-order valence-electron chi connectivity index (χ4n) is 6.41. The van der Waals surface area contributed by atoms with E-state index in [1.165, 1.54) is 0 Å². The second-order valence-corrected chi connectivity index (χ2v) is 10.7. The summed E-state index contributed by atoms with van der Waals surface area (Å²) in [4.78, 5) is 28.8. The van der Waals surface area contributed by atoms with Gasteiger partial charge >= 0.3 is 6.03 Å². The number of hydrogen-bond donors (Lipinski definition) is 1. The minimum absolute atomic E-state index is 0.0370. The minimum atomic E-state index is -0.542.